The Morgan fingerprint density at radius 2 is 1.31 bits per heavy atom. The second-order valence-electron chi connectivity index (χ2n) is 3.06. The molecule has 0 atom stereocenters. The number of hydrogen-bond acceptors (Lipinski definition) is 6. The van der Waals surface area contributed by atoms with Gasteiger partial charge in [-0.05, 0) is 0 Å². The molecule has 0 rings (SSSR count). The van der Waals surface area contributed by atoms with E-state index >= 15 is 0 Å². The van der Waals surface area contributed by atoms with Crippen LogP contribution in [0.25, 0.3) is 0 Å². The van der Waals surface area contributed by atoms with Crippen molar-refractivity contribution < 1.29 is 27.5 Å². The Labute approximate surface area is 98.1 Å². The summed E-state index contributed by atoms with van der Waals surface area (Å²) in [6, 6.07) is 0.651. The standard InChI is InChI=1S/C9H22O6Si/c1-7-8-16(13-5,14-6)15-9(10-2,11-3)12-4/h7-8H2,1-6H3. The Balaban J connectivity index is 4.81. The van der Waals surface area contributed by atoms with Crippen LogP contribution < -0.4 is 0 Å². The Hall–Kier alpha value is -0.0231. The van der Waals surface area contributed by atoms with Crippen molar-refractivity contribution in [3.63, 3.8) is 0 Å². The third-order valence-electron chi connectivity index (χ3n) is 2.21. The van der Waals surface area contributed by atoms with Crippen LogP contribution in [0, 0.1) is 0 Å². The van der Waals surface area contributed by atoms with Gasteiger partial charge in [-0.1, -0.05) is 13.3 Å². The SMILES string of the molecule is CCC[Si](OC)(OC)OC(OC)(OC)OC. The maximum absolute atomic E-state index is 5.64. The van der Waals surface area contributed by atoms with Gasteiger partial charge in [-0.2, -0.15) is 0 Å². The van der Waals surface area contributed by atoms with E-state index in [9.17, 15) is 0 Å². The minimum atomic E-state index is -2.82. The van der Waals surface area contributed by atoms with E-state index < -0.39 is 15.0 Å². The van der Waals surface area contributed by atoms with Crippen LogP contribution >= 0.6 is 0 Å². The fourth-order valence-corrected chi connectivity index (χ4v) is 3.38. The Morgan fingerprint density at radius 1 is 0.875 bits per heavy atom. The van der Waals surface area contributed by atoms with Gasteiger partial charge in [0, 0.05) is 41.6 Å². The first kappa shape index (κ1) is 16.0. The average Bonchev–Trinajstić information content (AvgIpc) is 2.35. The lowest BCUT2D eigenvalue weighted by Gasteiger charge is -2.35. The fourth-order valence-electron chi connectivity index (χ4n) is 1.29. The molecule has 0 spiro atoms. The normalized spacial score (nSPS) is 13.1. The summed E-state index contributed by atoms with van der Waals surface area (Å²) in [6.07, 6.45) is -0.714. The molecular weight excluding hydrogens is 232 g/mol. The smallest absolute Gasteiger partial charge is 0.377 e. The van der Waals surface area contributed by atoms with Crippen molar-refractivity contribution >= 4 is 8.80 Å². The highest BCUT2D eigenvalue weighted by molar-refractivity contribution is 6.60. The Bertz CT molecular complexity index is 173. The average molecular weight is 254 g/mol. The van der Waals surface area contributed by atoms with Gasteiger partial charge in [-0.3, -0.25) is 4.43 Å². The lowest BCUT2D eigenvalue weighted by Crippen LogP contribution is -2.54. The van der Waals surface area contributed by atoms with Crippen molar-refractivity contribution in [2.75, 3.05) is 35.5 Å². The molecule has 7 heteroatoms. The minimum absolute atomic E-state index is 0.651. The molecule has 0 aliphatic rings. The molecule has 0 bridgehead atoms. The molecule has 0 fully saturated rings. The molecule has 6 nitrogen and oxygen atoms in total. The molecule has 16 heavy (non-hydrogen) atoms. The monoisotopic (exact) mass is 254 g/mol. The van der Waals surface area contributed by atoms with Crippen molar-refractivity contribution in [2.45, 2.75) is 25.5 Å². The zero-order valence-corrected chi connectivity index (χ0v) is 11.9. The predicted molar refractivity (Wildman–Crippen MR) is 59.7 cm³/mol. The fraction of sp³-hybridized carbons (Fsp3) is 1.00. The van der Waals surface area contributed by atoms with Crippen LogP contribution in [-0.4, -0.2) is 50.5 Å². The van der Waals surface area contributed by atoms with Crippen LogP contribution in [-0.2, 0) is 27.5 Å². The van der Waals surface area contributed by atoms with Crippen LogP contribution in [0.1, 0.15) is 13.3 Å². The Kier molecular flexibility index (Phi) is 7.32. The number of methoxy groups -OCH3 is 3. The van der Waals surface area contributed by atoms with Gasteiger partial charge in [0.1, 0.15) is 0 Å². The van der Waals surface area contributed by atoms with Crippen LogP contribution in [0.3, 0.4) is 0 Å². The number of ether oxygens (including phenoxy) is 3. The van der Waals surface area contributed by atoms with Gasteiger partial charge in [0.15, 0.2) is 0 Å². The van der Waals surface area contributed by atoms with Crippen molar-refractivity contribution in [3.8, 4) is 0 Å². The van der Waals surface area contributed by atoms with Crippen molar-refractivity contribution in [1.29, 1.82) is 0 Å². The van der Waals surface area contributed by atoms with Crippen molar-refractivity contribution in [3.05, 3.63) is 0 Å². The first-order valence-electron chi connectivity index (χ1n) is 5.03. The van der Waals surface area contributed by atoms with Gasteiger partial charge >= 0.3 is 15.0 Å². The zero-order chi connectivity index (χ0) is 12.7. The van der Waals surface area contributed by atoms with Gasteiger partial charge in [0.05, 0.1) is 0 Å². The van der Waals surface area contributed by atoms with Crippen LogP contribution in [0.15, 0.2) is 0 Å². The van der Waals surface area contributed by atoms with Gasteiger partial charge in [0.25, 0.3) is 0 Å². The topological polar surface area (TPSA) is 55.4 Å². The molecule has 0 aromatic rings. The second kappa shape index (κ2) is 7.33. The predicted octanol–water partition coefficient (Wildman–Crippen LogP) is 1.20. The molecule has 0 aromatic heterocycles. The minimum Gasteiger partial charge on any atom is -0.377 e. The first-order chi connectivity index (χ1) is 7.57. The molecule has 98 valence electrons. The van der Waals surface area contributed by atoms with Gasteiger partial charge < -0.3 is 23.1 Å². The lowest BCUT2D eigenvalue weighted by molar-refractivity contribution is -0.460. The van der Waals surface area contributed by atoms with E-state index in [1.54, 1.807) is 0 Å². The highest BCUT2D eigenvalue weighted by Crippen LogP contribution is 2.25. The molecule has 0 aliphatic heterocycles. The van der Waals surface area contributed by atoms with E-state index in [4.69, 9.17) is 27.5 Å². The molecule has 0 amide bonds. The molecule has 0 unspecified atom stereocenters. The molecule has 0 heterocycles. The van der Waals surface area contributed by atoms with Crippen molar-refractivity contribution in [1.82, 2.24) is 0 Å². The molecule has 0 N–H and O–H groups in total. The summed E-state index contributed by atoms with van der Waals surface area (Å²) in [4.78, 5) is 0. The molecule has 0 radical (unpaired) electrons. The summed E-state index contributed by atoms with van der Waals surface area (Å²) >= 11 is 0. The van der Waals surface area contributed by atoms with Crippen LogP contribution in [0.4, 0.5) is 0 Å². The molecule has 0 saturated carbocycles. The maximum atomic E-state index is 5.64. The van der Waals surface area contributed by atoms with E-state index in [0.29, 0.717) is 6.04 Å². The highest BCUT2D eigenvalue weighted by atomic mass is 28.4. The second-order valence-corrected chi connectivity index (χ2v) is 5.94. The molecule has 0 aromatic carbocycles. The lowest BCUT2D eigenvalue weighted by atomic mass is 10.6. The third-order valence-corrected chi connectivity index (χ3v) is 5.13. The maximum Gasteiger partial charge on any atom is 0.506 e. The summed E-state index contributed by atoms with van der Waals surface area (Å²) in [7, 11) is 4.52. The van der Waals surface area contributed by atoms with Crippen LogP contribution in [0.5, 0.6) is 0 Å². The summed E-state index contributed by atoms with van der Waals surface area (Å²) in [5.41, 5.74) is 0. The van der Waals surface area contributed by atoms with Crippen molar-refractivity contribution in [2.24, 2.45) is 0 Å². The molecular formula is C9H22O6Si. The molecule has 0 saturated heterocycles. The summed E-state index contributed by atoms with van der Waals surface area (Å²) in [5, 5.41) is 0. The van der Waals surface area contributed by atoms with E-state index in [0.717, 1.165) is 6.42 Å². The third kappa shape index (κ3) is 3.77. The summed E-state index contributed by atoms with van der Waals surface area (Å²) in [6.45, 7) is 2.01. The number of rotatable bonds is 9. The van der Waals surface area contributed by atoms with E-state index in [1.807, 2.05) is 6.92 Å². The van der Waals surface area contributed by atoms with E-state index in [2.05, 4.69) is 0 Å². The van der Waals surface area contributed by atoms with Crippen LogP contribution in [0.2, 0.25) is 6.04 Å². The largest absolute Gasteiger partial charge is 0.506 e. The molecule has 0 aliphatic carbocycles. The summed E-state index contributed by atoms with van der Waals surface area (Å²) < 4.78 is 31.5. The zero-order valence-electron chi connectivity index (χ0n) is 10.9. The van der Waals surface area contributed by atoms with Gasteiger partial charge in [-0.25, -0.2) is 0 Å². The number of hydrogen-bond donors (Lipinski definition) is 0. The Morgan fingerprint density at radius 3 is 1.56 bits per heavy atom. The summed E-state index contributed by atoms with van der Waals surface area (Å²) in [5.74, 6) is 0. The quantitative estimate of drug-likeness (QED) is 0.455. The first-order valence-corrected chi connectivity index (χ1v) is 6.96. The van der Waals surface area contributed by atoms with Gasteiger partial charge in [0.2, 0.25) is 0 Å². The van der Waals surface area contributed by atoms with E-state index in [-0.39, 0.29) is 0 Å². The van der Waals surface area contributed by atoms with E-state index in [1.165, 1.54) is 35.5 Å². The van der Waals surface area contributed by atoms with Gasteiger partial charge in [-0.15, -0.1) is 0 Å². The highest BCUT2D eigenvalue weighted by Gasteiger charge is 2.48.